The fourth-order valence-corrected chi connectivity index (χ4v) is 3.55. The van der Waals surface area contributed by atoms with Gasteiger partial charge in [0, 0.05) is 18.5 Å². The van der Waals surface area contributed by atoms with Crippen molar-refractivity contribution >= 4 is 28.1 Å². The molecule has 4 nitrogen and oxygen atoms in total. The predicted octanol–water partition coefficient (Wildman–Crippen LogP) is 3.57. The van der Waals surface area contributed by atoms with Crippen LogP contribution in [0.3, 0.4) is 0 Å². The summed E-state index contributed by atoms with van der Waals surface area (Å²) < 4.78 is 19.0. The van der Waals surface area contributed by atoms with Crippen LogP contribution in [-0.2, 0) is 4.74 Å². The van der Waals surface area contributed by atoms with Gasteiger partial charge in [-0.25, -0.2) is 9.37 Å². The van der Waals surface area contributed by atoms with Gasteiger partial charge in [-0.1, -0.05) is 6.07 Å². The molecule has 1 aliphatic rings. The zero-order valence-corrected chi connectivity index (χ0v) is 13.7. The smallest absolute Gasteiger partial charge is 0.254 e. The van der Waals surface area contributed by atoms with Crippen molar-refractivity contribution in [3.8, 4) is 10.6 Å². The quantitative estimate of drug-likeness (QED) is 0.715. The first kappa shape index (κ1) is 15.2. The van der Waals surface area contributed by atoms with E-state index in [2.05, 4.69) is 4.98 Å². The van der Waals surface area contributed by atoms with Gasteiger partial charge in [-0.05, 0) is 35.7 Å². The average molecular weight is 342 g/mol. The molecule has 0 unspecified atom stereocenters. The summed E-state index contributed by atoms with van der Waals surface area (Å²) in [4.78, 5) is 20.3. The SMILES string of the molecule is O=C(c1cc(-c2cccs2)nc2ccc(F)cc12)N1CCOCC1. The van der Waals surface area contributed by atoms with Crippen LogP contribution in [0.2, 0.25) is 0 Å². The molecule has 122 valence electrons. The maximum atomic E-state index is 13.7. The van der Waals surface area contributed by atoms with E-state index in [1.165, 1.54) is 12.1 Å². The van der Waals surface area contributed by atoms with E-state index in [0.29, 0.717) is 42.8 Å². The molecule has 1 fully saturated rings. The lowest BCUT2D eigenvalue weighted by Gasteiger charge is -2.27. The Morgan fingerprint density at radius 2 is 2.04 bits per heavy atom. The van der Waals surface area contributed by atoms with Crippen molar-refractivity contribution in [1.29, 1.82) is 0 Å². The van der Waals surface area contributed by atoms with Gasteiger partial charge in [-0.15, -0.1) is 11.3 Å². The van der Waals surface area contributed by atoms with Gasteiger partial charge in [0.05, 0.1) is 34.9 Å². The maximum Gasteiger partial charge on any atom is 0.254 e. The third kappa shape index (κ3) is 2.79. The number of carbonyl (C=O) groups is 1. The molecule has 6 heteroatoms. The number of ether oxygens (including phenoxy) is 1. The summed E-state index contributed by atoms with van der Waals surface area (Å²) in [5.41, 5.74) is 1.85. The molecule has 0 bridgehead atoms. The molecular weight excluding hydrogens is 327 g/mol. The first-order valence-electron chi connectivity index (χ1n) is 7.73. The summed E-state index contributed by atoms with van der Waals surface area (Å²) in [5, 5.41) is 2.52. The number of morpholine rings is 1. The van der Waals surface area contributed by atoms with E-state index in [0.717, 1.165) is 10.6 Å². The highest BCUT2D eigenvalue weighted by Gasteiger charge is 2.22. The van der Waals surface area contributed by atoms with Crippen molar-refractivity contribution < 1.29 is 13.9 Å². The zero-order chi connectivity index (χ0) is 16.5. The van der Waals surface area contributed by atoms with Crippen LogP contribution < -0.4 is 0 Å². The molecule has 3 aromatic rings. The fourth-order valence-electron chi connectivity index (χ4n) is 2.86. The minimum absolute atomic E-state index is 0.103. The second-order valence-electron chi connectivity index (χ2n) is 5.60. The Morgan fingerprint density at radius 1 is 1.21 bits per heavy atom. The van der Waals surface area contributed by atoms with Crippen molar-refractivity contribution in [2.75, 3.05) is 26.3 Å². The highest BCUT2D eigenvalue weighted by Crippen LogP contribution is 2.29. The molecule has 1 aliphatic heterocycles. The van der Waals surface area contributed by atoms with Gasteiger partial charge in [0.15, 0.2) is 0 Å². The Hall–Kier alpha value is -2.31. The van der Waals surface area contributed by atoms with Crippen LogP contribution in [0.1, 0.15) is 10.4 Å². The molecule has 0 saturated carbocycles. The lowest BCUT2D eigenvalue weighted by Crippen LogP contribution is -2.40. The molecular formula is C18H15FN2O2S. The topological polar surface area (TPSA) is 42.4 Å². The number of fused-ring (bicyclic) bond motifs is 1. The van der Waals surface area contributed by atoms with Gasteiger partial charge in [0.1, 0.15) is 5.82 Å². The minimum Gasteiger partial charge on any atom is -0.378 e. The molecule has 0 radical (unpaired) electrons. The normalized spacial score (nSPS) is 15.0. The molecule has 0 aliphatic carbocycles. The third-order valence-electron chi connectivity index (χ3n) is 4.07. The van der Waals surface area contributed by atoms with E-state index < -0.39 is 0 Å². The maximum absolute atomic E-state index is 13.7. The number of amides is 1. The van der Waals surface area contributed by atoms with Gasteiger partial charge in [-0.3, -0.25) is 4.79 Å². The number of aromatic nitrogens is 1. The van der Waals surface area contributed by atoms with Gasteiger partial charge >= 0.3 is 0 Å². The first-order valence-corrected chi connectivity index (χ1v) is 8.61. The first-order chi connectivity index (χ1) is 11.7. The van der Waals surface area contributed by atoms with Crippen LogP contribution in [-0.4, -0.2) is 42.1 Å². The van der Waals surface area contributed by atoms with Crippen molar-refractivity contribution in [2.24, 2.45) is 0 Å². The van der Waals surface area contributed by atoms with Crippen LogP contribution in [0.4, 0.5) is 4.39 Å². The highest BCUT2D eigenvalue weighted by molar-refractivity contribution is 7.13. The van der Waals surface area contributed by atoms with E-state index >= 15 is 0 Å². The predicted molar refractivity (Wildman–Crippen MR) is 91.7 cm³/mol. The zero-order valence-electron chi connectivity index (χ0n) is 12.9. The Morgan fingerprint density at radius 3 is 2.79 bits per heavy atom. The molecule has 1 amide bonds. The summed E-state index contributed by atoms with van der Waals surface area (Å²) in [6.45, 7) is 2.15. The van der Waals surface area contributed by atoms with E-state index in [1.807, 2.05) is 17.5 Å². The summed E-state index contributed by atoms with van der Waals surface area (Å²) in [7, 11) is 0. The number of rotatable bonds is 2. The standard InChI is InChI=1S/C18H15FN2O2S/c19-12-3-4-15-13(10-12)14(18(22)21-5-7-23-8-6-21)11-16(20-15)17-2-1-9-24-17/h1-4,9-11H,5-8H2. The molecule has 1 saturated heterocycles. The number of pyridine rings is 1. The second-order valence-corrected chi connectivity index (χ2v) is 6.55. The second kappa shape index (κ2) is 6.30. The van der Waals surface area contributed by atoms with Crippen molar-refractivity contribution in [3.63, 3.8) is 0 Å². The van der Waals surface area contributed by atoms with Crippen molar-refractivity contribution in [2.45, 2.75) is 0 Å². The molecule has 3 heterocycles. The summed E-state index contributed by atoms with van der Waals surface area (Å²) >= 11 is 1.56. The van der Waals surface area contributed by atoms with Crippen LogP contribution in [0, 0.1) is 5.82 Å². The average Bonchev–Trinajstić information content (AvgIpc) is 3.16. The summed E-state index contributed by atoms with van der Waals surface area (Å²) in [6.07, 6.45) is 0. The number of hydrogen-bond acceptors (Lipinski definition) is 4. The minimum atomic E-state index is -0.371. The molecule has 0 N–H and O–H groups in total. The number of benzene rings is 1. The number of hydrogen-bond donors (Lipinski definition) is 0. The Bertz CT molecular complexity index is 889. The van der Waals surface area contributed by atoms with E-state index in [9.17, 15) is 9.18 Å². The lowest BCUT2D eigenvalue weighted by molar-refractivity contribution is 0.0304. The van der Waals surface area contributed by atoms with E-state index in [4.69, 9.17) is 4.74 Å². The van der Waals surface area contributed by atoms with Crippen LogP contribution in [0.25, 0.3) is 21.5 Å². The fraction of sp³-hybridized carbons (Fsp3) is 0.222. The number of carbonyl (C=O) groups excluding carboxylic acids is 1. The molecule has 2 aromatic heterocycles. The van der Waals surface area contributed by atoms with Gasteiger partial charge < -0.3 is 9.64 Å². The highest BCUT2D eigenvalue weighted by atomic mass is 32.1. The number of halogens is 1. The van der Waals surface area contributed by atoms with E-state index in [-0.39, 0.29) is 11.7 Å². The summed E-state index contributed by atoms with van der Waals surface area (Å²) in [6, 6.07) is 10.1. The molecule has 0 spiro atoms. The summed E-state index contributed by atoms with van der Waals surface area (Å²) in [5.74, 6) is -0.474. The Balaban J connectivity index is 1.87. The molecule has 1 aromatic carbocycles. The number of nitrogens with zero attached hydrogens (tertiary/aromatic N) is 2. The van der Waals surface area contributed by atoms with Gasteiger partial charge in [-0.2, -0.15) is 0 Å². The van der Waals surface area contributed by atoms with Gasteiger partial charge in [0.2, 0.25) is 0 Å². The molecule has 0 atom stereocenters. The number of thiophene rings is 1. The van der Waals surface area contributed by atoms with Crippen molar-refractivity contribution in [3.05, 3.63) is 53.2 Å². The van der Waals surface area contributed by atoms with Crippen LogP contribution >= 0.6 is 11.3 Å². The van der Waals surface area contributed by atoms with E-state index in [1.54, 1.807) is 28.4 Å². The monoisotopic (exact) mass is 342 g/mol. The van der Waals surface area contributed by atoms with Crippen molar-refractivity contribution in [1.82, 2.24) is 9.88 Å². The Kier molecular flexibility index (Phi) is 4.00. The Labute approximate surface area is 142 Å². The largest absolute Gasteiger partial charge is 0.378 e. The third-order valence-corrected chi connectivity index (χ3v) is 4.97. The van der Waals surface area contributed by atoms with Crippen LogP contribution in [0.5, 0.6) is 0 Å². The molecule has 4 rings (SSSR count). The lowest BCUT2D eigenvalue weighted by atomic mass is 10.1. The van der Waals surface area contributed by atoms with Gasteiger partial charge in [0.25, 0.3) is 5.91 Å². The molecule has 24 heavy (non-hydrogen) atoms. The van der Waals surface area contributed by atoms with Crippen LogP contribution in [0.15, 0.2) is 41.8 Å².